The van der Waals surface area contributed by atoms with Crippen LogP contribution in [0.4, 0.5) is 10.5 Å². The number of aromatic nitrogens is 1. The number of aromatic hydroxyl groups is 1. The van der Waals surface area contributed by atoms with Crippen molar-refractivity contribution in [3.05, 3.63) is 108 Å². The van der Waals surface area contributed by atoms with E-state index in [1.165, 1.54) is 16.4 Å². The number of phenolic OH excluding ortho intramolecular Hbond substituents is 1. The van der Waals surface area contributed by atoms with Crippen LogP contribution in [0, 0.1) is 0 Å². The number of ether oxygens (including phenoxy) is 1. The molecule has 2 heterocycles. The van der Waals surface area contributed by atoms with E-state index in [9.17, 15) is 23.1 Å². The van der Waals surface area contributed by atoms with E-state index in [-0.39, 0.29) is 24.5 Å². The first-order valence-corrected chi connectivity index (χ1v) is 16.5. The van der Waals surface area contributed by atoms with E-state index in [4.69, 9.17) is 4.74 Å². The number of nitrogens with one attached hydrogen (secondary N) is 3. The summed E-state index contributed by atoms with van der Waals surface area (Å²) in [7, 11) is -3.88. The minimum atomic E-state index is -3.88. The van der Waals surface area contributed by atoms with Crippen molar-refractivity contribution < 1.29 is 27.9 Å². The van der Waals surface area contributed by atoms with Crippen LogP contribution >= 0.6 is 0 Å². The lowest BCUT2D eigenvalue weighted by molar-refractivity contribution is -0.118. The Morgan fingerprint density at radius 3 is 2.60 bits per heavy atom. The van der Waals surface area contributed by atoms with Gasteiger partial charge in [0.05, 0.1) is 5.75 Å². The highest BCUT2D eigenvalue weighted by molar-refractivity contribution is 7.88. The van der Waals surface area contributed by atoms with E-state index in [1.807, 2.05) is 66.9 Å². The van der Waals surface area contributed by atoms with Crippen LogP contribution < -0.4 is 10.6 Å². The summed E-state index contributed by atoms with van der Waals surface area (Å²) < 4.78 is 33.7. The predicted octanol–water partition coefficient (Wildman–Crippen LogP) is 5.64. The number of fused-ring (bicyclic) bond motifs is 2. The van der Waals surface area contributed by atoms with Gasteiger partial charge < -0.3 is 25.5 Å². The van der Waals surface area contributed by atoms with E-state index < -0.39 is 34.3 Å². The normalized spacial score (nSPS) is 16.3. The first-order valence-electron chi connectivity index (χ1n) is 14.8. The Hall–Kier alpha value is -4.87. The summed E-state index contributed by atoms with van der Waals surface area (Å²) in [4.78, 5) is 30.2. The van der Waals surface area contributed by atoms with Crippen molar-refractivity contribution in [1.82, 2.24) is 14.6 Å². The van der Waals surface area contributed by atoms with Crippen molar-refractivity contribution in [2.24, 2.45) is 0 Å². The molecular weight excluding hydrogens is 592 g/mol. The standard InChI is InChI=1S/C34H34N4O6S/c39-28-11-7-8-23(18-28)22-45(42,43)38-17-6-5-14-32(38)44-34(41)37-31(20-26-21-35-30-13-4-3-12-29(26)30)33(40)36-27-16-15-24-9-1-2-10-25(24)19-27/h1-4,7-13,15-16,18-19,21,31-32,35,39H,5-6,14,17,20,22H2,(H,36,40)(H,37,41)/t31-,32-/m0/s1. The summed E-state index contributed by atoms with van der Waals surface area (Å²) in [5.41, 5.74) is 2.73. The minimum absolute atomic E-state index is 0.0308. The molecule has 0 radical (unpaired) electrons. The van der Waals surface area contributed by atoms with Gasteiger partial charge in [-0.1, -0.05) is 60.7 Å². The van der Waals surface area contributed by atoms with Gasteiger partial charge in [0.1, 0.15) is 11.8 Å². The SMILES string of the molecule is O=C(N[C@@H](Cc1c[nH]c2ccccc12)C(=O)Nc1ccc2ccccc2c1)O[C@H]1CCCCN1S(=O)(=O)Cc1cccc(O)c1. The quantitative estimate of drug-likeness (QED) is 0.167. The van der Waals surface area contributed by atoms with Crippen LogP contribution in [0.2, 0.25) is 0 Å². The third-order valence-electron chi connectivity index (χ3n) is 7.99. The van der Waals surface area contributed by atoms with Crippen molar-refractivity contribution >= 4 is 49.4 Å². The van der Waals surface area contributed by atoms with Gasteiger partial charge in [0.2, 0.25) is 15.9 Å². The zero-order valence-corrected chi connectivity index (χ0v) is 25.3. The number of H-pyrrole nitrogens is 1. The number of sulfonamides is 1. The number of nitrogens with zero attached hydrogens (tertiary/aromatic N) is 1. The number of hydrogen-bond donors (Lipinski definition) is 4. The molecule has 4 N–H and O–H groups in total. The lowest BCUT2D eigenvalue weighted by Gasteiger charge is -2.34. The second-order valence-corrected chi connectivity index (χ2v) is 13.1. The van der Waals surface area contributed by atoms with Crippen LogP contribution in [0.3, 0.4) is 0 Å². The number of anilines is 1. The molecule has 45 heavy (non-hydrogen) atoms. The van der Waals surface area contributed by atoms with Gasteiger partial charge >= 0.3 is 6.09 Å². The van der Waals surface area contributed by atoms with Gasteiger partial charge in [0.25, 0.3) is 0 Å². The average molecular weight is 627 g/mol. The lowest BCUT2D eigenvalue weighted by atomic mass is 10.0. The maximum atomic E-state index is 13.7. The van der Waals surface area contributed by atoms with E-state index in [0.29, 0.717) is 30.5 Å². The Kier molecular flexibility index (Phi) is 8.72. The topological polar surface area (TPSA) is 141 Å². The highest BCUT2D eigenvalue weighted by atomic mass is 32.2. The number of phenols is 1. The number of aromatic amines is 1. The Labute approximate surface area is 261 Å². The van der Waals surface area contributed by atoms with Gasteiger partial charge in [-0.05, 0) is 71.5 Å². The molecule has 4 aromatic carbocycles. The molecule has 6 rings (SSSR count). The molecule has 2 amide bonds. The summed E-state index contributed by atoms with van der Waals surface area (Å²) in [6.07, 6.45) is 1.68. The maximum Gasteiger partial charge on any atom is 0.409 e. The first-order chi connectivity index (χ1) is 21.7. The van der Waals surface area contributed by atoms with E-state index in [2.05, 4.69) is 15.6 Å². The van der Waals surface area contributed by atoms with E-state index in [0.717, 1.165) is 27.2 Å². The number of rotatable bonds is 9. The molecule has 1 aromatic heterocycles. The van der Waals surface area contributed by atoms with Gasteiger partial charge in [-0.15, -0.1) is 0 Å². The van der Waals surface area contributed by atoms with Crippen molar-refractivity contribution in [3.8, 4) is 5.75 Å². The molecule has 11 heteroatoms. The summed E-state index contributed by atoms with van der Waals surface area (Å²) in [5.74, 6) is -0.818. The monoisotopic (exact) mass is 626 g/mol. The predicted molar refractivity (Wildman–Crippen MR) is 173 cm³/mol. The Bertz CT molecular complexity index is 1960. The number of benzene rings is 4. The van der Waals surface area contributed by atoms with Crippen LogP contribution in [0.25, 0.3) is 21.7 Å². The molecular formula is C34H34N4O6S. The number of hydrogen-bond acceptors (Lipinski definition) is 6. The second-order valence-electron chi connectivity index (χ2n) is 11.2. The molecule has 1 saturated heterocycles. The van der Waals surface area contributed by atoms with Crippen molar-refractivity contribution in [3.63, 3.8) is 0 Å². The van der Waals surface area contributed by atoms with Crippen LogP contribution in [0.5, 0.6) is 5.75 Å². The highest BCUT2D eigenvalue weighted by Gasteiger charge is 2.36. The molecule has 232 valence electrons. The van der Waals surface area contributed by atoms with Crippen LogP contribution in [0.15, 0.2) is 97.2 Å². The molecule has 0 bridgehead atoms. The lowest BCUT2D eigenvalue weighted by Crippen LogP contribution is -2.50. The summed E-state index contributed by atoms with van der Waals surface area (Å²) in [6.45, 7) is 0.195. The average Bonchev–Trinajstić information content (AvgIpc) is 3.43. The van der Waals surface area contributed by atoms with Crippen molar-refractivity contribution in [1.29, 1.82) is 0 Å². The molecule has 1 aliphatic heterocycles. The molecule has 1 fully saturated rings. The number of para-hydroxylation sites is 1. The molecule has 1 aliphatic rings. The Morgan fingerprint density at radius 2 is 1.76 bits per heavy atom. The van der Waals surface area contributed by atoms with E-state index >= 15 is 0 Å². The van der Waals surface area contributed by atoms with Gasteiger partial charge in [-0.25, -0.2) is 13.2 Å². The van der Waals surface area contributed by atoms with Crippen molar-refractivity contribution in [2.45, 2.75) is 43.7 Å². The Balaban J connectivity index is 1.20. The van der Waals surface area contributed by atoms with Crippen molar-refractivity contribution in [2.75, 3.05) is 11.9 Å². The van der Waals surface area contributed by atoms with Gasteiger partial charge in [0, 0.05) is 35.8 Å². The fourth-order valence-electron chi connectivity index (χ4n) is 5.78. The highest BCUT2D eigenvalue weighted by Crippen LogP contribution is 2.26. The zero-order valence-electron chi connectivity index (χ0n) is 24.5. The van der Waals surface area contributed by atoms with Crippen LogP contribution in [-0.2, 0) is 31.7 Å². The fraction of sp³-hybridized carbons (Fsp3) is 0.235. The first kappa shape index (κ1) is 30.2. The fourth-order valence-corrected chi connectivity index (χ4v) is 7.46. The number of carbonyl (C=O) groups excluding carboxylic acids is 2. The van der Waals surface area contributed by atoms with Crippen LogP contribution in [0.1, 0.15) is 30.4 Å². The minimum Gasteiger partial charge on any atom is -0.508 e. The molecule has 0 saturated carbocycles. The largest absolute Gasteiger partial charge is 0.508 e. The molecule has 0 unspecified atom stereocenters. The second kappa shape index (κ2) is 13.0. The molecule has 0 spiro atoms. The number of alkyl carbamates (subject to hydrolysis) is 1. The number of amides is 2. The van der Waals surface area contributed by atoms with E-state index in [1.54, 1.807) is 18.2 Å². The number of carbonyl (C=O) groups is 2. The molecule has 2 atom stereocenters. The molecule has 10 nitrogen and oxygen atoms in total. The summed E-state index contributed by atoms with van der Waals surface area (Å²) >= 11 is 0. The zero-order chi connectivity index (χ0) is 31.4. The summed E-state index contributed by atoms with van der Waals surface area (Å²) in [5, 5.41) is 18.3. The van der Waals surface area contributed by atoms with Gasteiger partial charge in [0.15, 0.2) is 6.23 Å². The third kappa shape index (κ3) is 7.11. The van der Waals surface area contributed by atoms with Gasteiger partial charge in [-0.2, -0.15) is 4.31 Å². The summed E-state index contributed by atoms with van der Waals surface area (Å²) in [6, 6.07) is 26.1. The van der Waals surface area contributed by atoms with Crippen LogP contribution in [-0.4, -0.2) is 53.6 Å². The number of piperidine rings is 1. The molecule has 5 aromatic rings. The molecule has 0 aliphatic carbocycles. The Morgan fingerprint density at radius 1 is 0.956 bits per heavy atom. The smallest absolute Gasteiger partial charge is 0.409 e. The third-order valence-corrected chi connectivity index (χ3v) is 9.82. The maximum absolute atomic E-state index is 13.7. The van der Waals surface area contributed by atoms with Gasteiger partial charge in [-0.3, -0.25) is 4.79 Å².